The average molecular weight is 232 g/mol. The van der Waals surface area contributed by atoms with Crippen LogP contribution in [0.1, 0.15) is 19.3 Å². The minimum Gasteiger partial charge on any atom is -0.356 e. The Balaban J connectivity index is 1.70. The van der Waals surface area contributed by atoms with E-state index in [1.54, 1.807) is 12.4 Å². The number of carbonyl (C=O) groups is 1. The van der Waals surface area contributed by atoms with Crippen molar-refractivity contribution < 1.29 is 4.79 Å². The summed E-state index contributed by atoms with van der Waals surface area (Å²) in [6.45, 7) is 2.58. The molecule has 5 heteroatoms. The molecule has 2 saturated heterocycles. The summed E-state index contributed by atoms with van der Waals surface area (Å²) in [4.78, 5) is 22.5. The lowest BCUT2D eigenvalue weighted by Gasteiger charge is -2.37. The second-order valence-electron chi connectivity index (χ2n) is 4.82. The molecule has 5 nitrogen and oxygen atoms in total. The molecule has 2 aliphatic heterocycles. The van der Waals surface area contributed by atoms with Gasteiger partial charge in [-0.2, -0.15) is 0 Å². The summed E-state index contributed by atoms with van der Waals surface area (Å²) in [5, 5.41) is 2.95. The maximum absolute atomic E-state index is 11.8. The molecule has 2 aliphatic rings. The summed E-state index contributed by atoms with van der Waals surface area (Å²) in [6.07, 6.45) is 6.33. The Morgan fingerprint density at radius 1 is 1.18 bits per heavy atom. The van der Waals surface area contributed by atoms with Gasteiger partial charge in [-0.1, -0.05) is 0 Å². The van der Waals surface area contributed by atoms with E-state index in [2.05, 4.69) is 20.2 Å². The molecule has 0 bridgehead atoms. The monoisotopic (exact) mass is 232 g/mol. The highest BCUT2D eigenvalue weighted by molar-refractivity contribution is 5.85. The van der Waals surface area contributed by atoms with E-state index < -0.39 is 0 Å². The molecule has 0 saturated carbocycles. The van der Waals surface area contributed by atoms with Crippen LogP contribution < -0.4 is 10.2 Å². The van der Waals surface area contributed by atoms with Gasteiger partial charge in [0.1, 0.15) is 0 Å². The van der Waals surface area contributed by atoms with Crippen LogP contribution in [0.5, 0.6) is 0 Å². The van der Waals surface area contributed by atoms with Gasteiger partial charge in [-0.3, -0.25) is 4.79 Å². The van der Waals surface area contributed by atoms with E-state index in [9.17, 15) is 4.79 Å². The smallest absolute Gasteiger partial charge is 0.226 e. The van der Waals surface area contributed by atoms with Crippen LogP contribution in [-0.4, -0.2) is 35.5 Å². The second-order valence-corrected chi connectivity index (χ2v) is 4.82. The van der Waals surface area contributed by atoms with Gasteiger partial charge in [0.2, 0.25) is 11.9 Å². The zero-order chi connectivity index (χ0) is 11.7. The first kappa shape index (κ1) is 10.5. The zero-order valence-electron chi connectivity index (χ0n) is 9.72. The number of rotatable bonds is 1. The van der Waals surface area contributed by atoms with Gasteiger partial charge in [0.15, 0.2) is 0 Å². The lowest BCUT2D eigenvalue weighted by atomic mass is 9.77. The van der Waals surface area contributed by atoms with E-state index in [0.29, 0.717) is 0 Å². The lowest BCUT2D eigenvalue weighted by Crippen LogP contribution is -2.44. The summed E-state index contributed by atoms with van der Waals surface area (Å²) < 4.78 is 0. The number of hydrogen-bond donors (Lipinski definition) is 1. The van der Waals surface area contributed by atoms with Crippen LogP contribution in [0.3, 0.4) is 0 Å². The normalized spacial score (nSPS) is 22.8. The molecule has 1 aromatic heterocycles. The number of nitrogens with zero attached hydrogens (tertiary/aromatic N) is 3. The van der Waals surface area contributed by atoms with Crippen LogP contribution in [0.25, 0.3) is 0 Å². The van der Waals surface area contributed by atoms with E-state index in [1.807, 2.05) is 6.07 Å². The Labute approximate surface area is 100 Å². The molecule has 2 fully saturated rings. The topological polar surface area (TPSA) is 58.1 Å². The fourth-order valence-electron chi connectivity index (χ4n) is 2.78. The van der Waals surface area contributed by atoms with Crippen molar-refractivity contribution in [2.24, 2.45) is 5.41 Å². The van der Waals surface area contributed by atoms with E-state index in [1.165, 1.54) is 0 Å². The SMILES string of the molecule is O=C1NCCC12CCN(c1ncccn1)CC2. The van der Waals surface area contributed by atoms with E-state index in [-0.39, 0.29) is 11.3 Å². The molecule has 1 aromatic rings. The van der Waals surface area contributed by atoms with Crippen molar-refractivity contribution in [2.75, 3.05) is 24.5 Å². The molecule has 1 amide bonds. The van der Waals surface area contributed by atoms with E-state index in [4.69, 9.17) is 0 Å². The van der Waals surface area contributed by atoms with E-state index >= 15 is 0 Å². The molecule has 3 heterocycles. The molecule has 1 N–H and O–H groups in total. The summed E-state index contributed by atoms with van der Waals surface area (Å²) in [6, 6.07) is 1.82. The van der Waals surface area contributed by atoms with Gasteiger partial charge < -0.3 is 10.2 Å². The second kappa shape index (κ2) is 3.98. The zero-order valence-corrected chi connectivity index (χ0v) is 9.72. The predicted octanol–water partition coefficient (Wildman–Crippen LogP) is 0.583. The van der Waals surface area contributed by atoms with Crippen LogP contribution >= 0.6 is 0 Å². The van der Waals surface area contributed by atoms with Gasteiger partial charge in [-0.15, -0.1) is 0 Å². The number of hydrogen-bond acceptors (Lipinski definition) is 4. The fraction of sp³-hybridized carbons (Fsp3) is 0.583. The predicted molar refractivity (Wildman–Crippen MR) is 63.5 cm³/mol. The van der Waals surface area contributed by atoms with Gasteiger partial charge in [-0.05, 0) is 25.3 Å². The first-order valence-corrected chi connectivity index (χ1v) is 6.10. The molecule has 0 unspecified atom stereocenters. The van der Waals surface area contributed by atoms with Gasteiger partial charge in [0, 0.05) is 32.0 Å². The molecule has 90 valence electrons. The van der Waals surface area contributed by atoms with Crippen LogP contribution in [-0.2, 0) is 4.79 Å². The summed E-state index contributed by atoms with van der Waals surface area (Å²) in [5.41, 5.74) is -0.106. The summed E-state index contributed by atoms with van der Waals surface area (Å²) in [5.74, 6) is 1.02. The van der Waals surface area contributed by atoms with Crippen LogP contribution in [0, 0.1) is 5.41 Å². The quantitative estimate of drug-likeness (QED) is 0.769. The van der Waals surface area contributed by atoms with Crippen LogP contribution in [0.4, 0.5) is 5.95 Å². The highest BCUT2D eigenvalue weighted by atomic mass is 16.2. The Bertz CT molecular complexity index is 412. The number of carbonyl (C=O) groups excluding carboxylic acids is 1. The minimum atomic E-state index is -0.106. The number of aromatic nitrogens is 2. The Morgan fingerprint density at radius 2 is 1.88 bits per heavy atom. The maximum Gasteiger partial charge on any atom is 0.226 e. The third-order valence-electron chi connectivity index (χ3n) is 3.93. The molecule has 1 spiro atoms. The van der Waals surface area contributed by atoms with Crippen LogP contribution in [0.15, 0.2) is 18.5 Å². The standard InChI is InChI=1S/C12H16N4O/c17-10-12(2-7-13-10)3-8-16(9-4-12)11-14-5-1-6-15-11/h1,5-6H,2-4,7-9H2,(H,13,17). The Hall–Kier alpha value is -1.65. The molecule has 3 rings (SSSR count). The lowest BCUT2D eigenvalue weighted by molar-refractivity contribution is -0.128. The van der Waals surface area contributed by atoms with Crippen molar-refractivity contribution in [3.8, 4) is 0 Å². The van der Waals surface area contributed by atoms with Crippen molar-refractivity contribution in [3.63, 3.8) is 0 Å². The highest BCUT2D eigenvalue weighted by Gasteiger charge is 2.44. The summed E-state index contributed by atoms with van der Waals surface area (Å²) in [7, 11) is 0. The van der Waals surface area contributed by atoms with E-state index in [0.717, 1.165) is 44.8 Å². The highest BCUT2D eigenvalue weighted by Crippen LogP contribution is 2.38. The first-order chi connectivity index (χ1) is 8.30. The number of amides is 1. The van der Waals surface area contributed by atoms with Crippen LogP contribution in [0.2, 0.25) is 0 Å². The maximum atomic E-state index is 11.8. The number of piperidine rings is 1. The molecule has 0 aromatic carbocycles. The van der Waals surface area contributed by atoms with Gasteiger partial charge in [-0.25, -0.2) is 9.97 Å². The number of anilines is 1. The van der Waals surface area contributed by atoms with Gasteiger partial charge in [0.25, 0.3) is 0 Å². The molecular formula is C12H16N4O. The average Bonchev–Trinajstić information content (AvgIpc) is 2.73. The third kappa shape index (κ3) is 1.75. The van der Waals surface area contributed by atoms with Crippen molar-refractivity contribution in [1.29, 1.82) is 0 Å². The Kier molecular flexibility index (Phi) is 2.46. The first-order valence-electron chi connectivity index (χ1n) is 6.10. The largest absolute Gasteiger partial charge is 0.356 e. The molecule has 0 aliphatic carbocycles. The van der Waals surface area contributed by atoms with Crippen molar-refractivity contribution >= 4 is 11.9 Å². The molecule has 0 radical (unpaired) electrons. The van der Waals surface area contributed by atoms with Crippen molar-refractivity contribution in [2.45, 2.75) is 19.3 Å². The van der Waals surface area contributed by atoms with Gasteiger partial charge >= 0.3 is 0 Å². The minimum absolute atomic E-state index is 0.106. The van der Waals surface area contributed by atoms with Crippen molar-refractivity contribution in [1.82, 2.24) is 15.3 Å². The Morgan fingerprint density at radius 3 is 2.47 bits per heavy atom. The molecule has 17 heavy (non-hydrogen) atoms. The van der Waals surface area contributed by atoms with Crippen molar-refractivity contribution in [3.05, 3.63) is 18.5 Å². The third-order valence-corrected chi connectivity index (χ3v) is 3.93. The molecular weight excluding hydrogens is 216 g/mol. The molecule has 0 atom stereocenters. The summed E-state index contributed by atoms with van der Waals surface area (Å²) >= 11 is 0. The number of nitrogens with one attached hydrogen (secondary N) is 1. The fourth-order valence-corrected chi connectivity index (χ4v) is 2.78. The van der Waals surface area contributed by atoms with Gasteiger partial charge in [0.05, 0.1) is 5.41 Å².